The number of hydrogen-bond donors (Lipinski definition) is 1. The first-order valence-corrected chi connectivity index (χ1v) is 5.41. The smallest absolute Gasteiger partial charge is 0.323 e. The molecular weight excluding hydrogens is 218 g/mol. The molecule has 0 saturated carbocycles. The van der Waals surface area contributed by atoms with Crippen molar-refractivity contribution in [1.82, 2.24) is 15.0 Å². The molecule has 1 heterocycles. The molecule has 92 valence electrons. The number of nitrogens with zero attached hydrogens (tertiary/aromatic N) is 4. The quantitative estimate of drug-likeness (QED) is 0.580. The minimum atomic E-state index is 0.287. The second-order valence-electron chi connectivity index (χ2n) is 3.47. The third kappa shape index (κ3) is 4.15. The van der Waals surface area contributed by atoms with Gasteiger partial charge in [0.15, 0.2) is 0 Å². The molecule has 0 bridgehead atoms. The van der Waals surface area contributed by atoms with E-state index in [0.717, 1.165) is 6.54 Å². The van der Waals surface area contributed by atoms with E-state index in [9.17, 15) is 0 Å². The van der Waals surface area contributed by atoms with Crippen molar-refractivity contribution in [3.05, 3.63) is 0 Å². The lowest BCUT2D eigenvalue weighted by molar-refractivity contribution is 0.300. The number of hydrogen-bond acceptors (Lipinski definition) is 6. The highest BCUT2D eigenvalue weighted by Crippen LogP contribution is 2.12. The number of rotatable bonds is 6. The molecule has 1 aromatic rings. The van der Waals surface area contributed by atoms with Gasteiger partial charge in [-0.1, -0.05) is 0 Å². The molecule has 6 nitrogen and oxygen atoms in total. The summed E-state index contributed by atoms with van der Waals surface area (Å²) >= 11 is 0. The summed E-state index contributed by atoms with van der Waals surface area (Å²) in [6.45, 7) is 3.11. The summed E-state index contributed by atoms with van der Waals surface area (Å²) in [7, 11) is 3.71. The Morgan fingerprint density at radius 1 is 1.35 bits per heavy atom. The van der Waals surface area contributed by atoms with Crippen LogP contribution in [0.15, 0.2) is 0 Å². The molecule has 0 atom stereocenters. The van der Waals surface area contributed by atoms with Gasteiger partial charge in [0.2, 0.25) is 11.9 Å². The average molecular weight is 235 g/mol. The first kappa shape index (κ1) is 13.0. The molecule has 0 radical (unpaired) electrons. The molecule has 17 heavy (non-hydrogen) atoms. The van der Waals surface area contributed by atoms with Crippen LogP contribution in [0.25, 0.3) is 0 Å². The van der Waals surface area contributed by atoms with Gasteiger partial charge in [0.25, 0.3) is 0 Å². The van der Waals surface area contributed by atoms with Crippen molar-refractivity contribution in [2.45, 2.75) is 13.3 Å². The number of anilines is 2. The lowest BCUT2D eigenvalue weighted by Gasteiger charge is -2.12. The Kier molecular flexibility index (Phi) is 5.01. The molecule has 0 fully saturated rings. The summed E-state index contributed by atoms with van der Waals surface area (Å²) in [5.41, 5.74) is 0. The number of nitrogens with one attached hydrogen (secondary N) is 1. The number of aromatic nitrogens is 3. The van der Waals surface area contributed by atoms with Crippen molar-refractivity contribution in [1.29, 1.82) is 0 Å². The molecule has 0 aliphatic rings. The summed E-state index contributed by atoms with van der Waals surface area (Å²) < 4.78 is 5.35. The van der Waals surface area contributed by atoms with Crippen LogP contribution in [0.5, 0.6) is 6.01 Å². The van der Waals surface area contributed by atoms with Crippen molar-refractivity contribution in [2.75, 3.05) is 37.5 Å². The molecule has 1 rings (SSSR count). The molecule has 0 amide bonds. The summed E-state index contributed by atoms with van der Waals surface area (Å²) in [5.74, 6) is 3.54. The fourth-order valence-electron chi connectivity index (χ4n) is 1.05. The Balaban J connectivity index is 2.84. The normalized spacial score (nSPS) is 9.53. The van der Waals surface area contributed by atoms with Gasteiger partial charge in [-0.3, -0.25) is 0 Å². The molecule has 0 aromatic carbocycles. The van der Waals surface area contributed by atoms with Crippen molar-refractivity contribution in [3.8, 4) is 18.4 Å². The maximum absolute atomic E-state index is 5.35. The predicted molar refractivity (Wildman–Crippen MR) is 67.3 cm³/mol. The largest absolute Gasteiger partial charge is 0.462 e. The summed E-state index contributed by atoms with van der Waals surface area (Å²) in [6.07, 6.45) is 5.67. The van der Waals surface area contributed by atoms with E-state index >= 15 is 0 Å². The summed E-state index contributed by atoms with van der Waals surface area (Å²) in [4.78, 5) is 14.3. The minimum Gasteiger partial charge on any atom is -0.462 e. The molecule has 0 aliphatic carbocycles. The highest BCUT2D eigenvalue weighted by atomic mass is 16.5. The Bertz CT molecular complexity index is 399. The number of ether oxygens (including phenoxy) is 1. The minimum absolute atomic E-state index is 0.287. The third-order valence-electron chi connectivity index (χ3n) is 1.82. The van der Waals surface area contributed by atoms with E-state index in [4.69, 9.17) is 11.2 Å². The first-order valence-electron chi connectivity index (χ1n) is 5.41. The van der Waals surface area contributed by atoms with Gasteiger partial charge in [-0.05, 0) is 6.92 Å². The van der Waals surface area contributed by atoms with Gasteiger partial charge >= 0.3 is 6.01 Å². The topological polar surface area (TPSA) is 63.2 Å². The molecule has 0 spiro atoms. The van der Waals surface area contributed by atoms with Crippen LogP contribution in [-0.2, 0) is 0 Å². The van der Waals surface area contributed by atoms with Crippen molar-refractivity contribution < 1.29 is 4.74 Å². The molecule has 1 N–H and O–H groups in total. The van der Waals surface area contributed by atoms with Gasteiger partial charge in [0.05, 0.1) is 0 Å². The molecule has 0 unspecified atom stereocenters. The molecule has 6 heteroatoms. The van der Waals surface area contributed by atoms with E-state index in [1.807, 2.05) is 21.0 Å². The van der Waals surface area contributed by atoms with Crippen molar-refractivity contribution in [2.24, 2.45) is 0 Å². The Hall–Kier alpha value is -2.03. The van der Waals surface area contributed by atoms with Gasteiger partial charge in [-0.2, -0.15) is 15.0 Å². The van der Waals surface area contributed by atoms with Crippen LogP contribution in [0.2, 0.25) is 0 Å². The number of terminal acetylenes is 1. The summed E-state index contributed by atoms with van der Waals surface area (Å²) in [5, 5.41) is 3.02. The second-order valence-corrected chi connectivity index (χ2v) is 3.47. The lowest BCUT2D eigenvalue weighted by atomic mass is 10.5. The Morgan fingerprint density at radius 2 is 2.12 bits per heavy atom. The molecule has 0 saturated heterocycles. The van der Waals surface area contributed by atoms with Crippen LogP contribution < -0.4 is 15.0 Å². The van der Waals surface area contributed by atoms with Crippen molar-refractivity contribution >= 4 is 11.9 Å². The molecule has 0 aliphatic heterocycles. The standard InChI is InChI=1S/C11H17N5O/c1-5-7-8-17-11-14-9(12-6-2)13-10(15-11)16(3)4/h1H,6-8H2,2-4H3,(H,12,13,14,15). The Labute approximate surface area is 101 Å². The monoisotopic (exact) mass is 235 g/mol. The maximum Gasteiger partial charge on any atom is 0.323 e. The lowest BCUT2D eigenvalue weighted by Crippen LogP contribution is -2.16. The molecular formula is C11H17N5O. The van der Waals surface area contributed by atoms with Gasteiger partial charge in [0, 0.05) is 27.1 Å². The van der Waals surface area contributed by atoms with Crippen LogP contribution in [0.1, 0.15) is 13.3 Å². The van der Waals surface area contributed by atoms with Crippen LogP contribution in [0, 0.1) is 12.3 Å². The van der Waals surface area contributed by atoms with Gasteiger partial charge in [-0.25, -0.2) is 0 Å². The van der Waals surface area contributed by atoms with Gasteiger partial charge < -0.3 is 15.0 Å². The van der Waals surface area contributed by atoms with E-state index < -0.39 is 0 Å². The third-order valence-corrected chi connectivity index (χ3v) is 1.82. The van der Waals surface area contributed by atoms with E-state index in [0.29, 0.717) is 24.9 Å². The predicted octanol–water partition coefficient (Wildman–Crippen LogP) is 0.771. The Morgan fingerprint density at radius 3 is 2.71 bits per heavy atom. The zero-order chi connectivity index (χ0) is 12.7. The fraction of sp³-hybridized carbons (Fsp3) is 0.545. The zero-order valence-electron chi connectivity index (χ0n) is 10.4. The first-order chi connectivity index (χ1) is 8.17. The van der Waals surface area contributed by atoms with Crippen LogP contribution in [0.3, 0.4) is 0 Å². The second kappa shape index (κ2) is 6.53. The van der Waals surface area contributed by atoms with Gasteiger partial charge in [0.1, 0.15) is 6.61 Å². The van der Waals surface area contributed by atoms with E-state index in [1.165, 1.54) is 0 Å². The maximum atomic E-state index is 5.35. The fourth-order valence-corrected chi connectivity index (χ4v) is 1.05. The molecule has 1 aromatic heterocycles. The van der Waals surface area contributed by atoms with Crippen LogP contribution in [0.4, 0.5) is 11.9 Å². The average Bonchev–Trinajstić information content (AvgIpc) is 2.29. The zero-order valence-corrected chi connectivity index (χ0v) is 10.4. The van der Waals surface area contributed by atoms with E-state index in [1.54, 1.807) is 4.90 Å². The van der Waals surface area contributed by atoms with Crippen LogP contribution >= 0.6 is 0 Å². The van der Waals surface area contributed by atoms with E-state index in [2.05, 4.69) is 26.2 Å². The SMILES string of the molecule is C#CCCOc1nc(NCC)nc(N(C)C)n1. The highest BCUT2D eigenvalue weighted by molar-refractivity contribution is 5.36. The highest BCUT2D eigenvalue weighted by Gasteiger charge is 2.08. The van der Waals surface area contributed by atoms with Gasteiger partial charge in [-0.15, -0.1) is 12.3 Å². The summed E-state index contributed by atoms with van der Waals surface area (Å²) in [6, 6.07) is 0.287. The van der Waals surface area contributed by atoms with Crippen LogP contribution in [-0.4, -0.2) is 42.2 Å². The van der Waals surface area contributed by atoms with E-state index in [-0.39, 0.29) is 6.01 Å². The van der Waals surface area contributed by atoms with Crippen molar-refractivity contribution in [3.63, 3.8) is 0 Å².